The van der Waals surface area contributed by atoms with Gasteiger partial charge in [-0.2, -0.15) is 0 Å². The molecule has 1 aromatic heterocycles. The van der Waals surface area contributed by atoms with Crippen LogP contribution < -0.4 is 15.8 Å². The largest absolute Gasteiger partial charge is 0.497 e. The first kappa shape index (κ1) is 16.8. The smallest absolute Gasteiger partial charge is 0.188 e. The van der Waals surface area contributed by atoms with Crippen LogP contribution in [0.15, 0.2) is 53.7 Å². The first-order valence-corrected chi connectivity index (χ1v) is 7.44. The first-order valence-electron chi connectivity index (χ1n) is 7.44. The van der Waals surface area contributed by atoms with E-state index in [1.165, 1.54) is 0 Å². The standard InChI is InChI=1S/C17H22N4O2/c1-23-15-7-5-13(6-8-15)16(22)12-21-17(18)20-11-9-14-4-2-3-10-19-14/h2-8,10,16,22H,9,11-12H2,1H3,(H3,18,20,21). The van der Waals surface area contributed by atoms with Gasteiger partial charge >= 0.3 is 0 Å². The molecule has 0 spiro atoms. The summed E-state index contributed by atoms with van der Waals surface area (Å²) in [6.07, 6.45) is 1.83. The van der Waals surface area contributed by atoms with Gasteiger partial charge < -0.3 is 20.9 Å². The highest BCUT2D eigenvalue weighted by Crippen LogP contribution is 2.17. The number of aliphatic hydroxyl groups is 1. The lowest BCUT2D eigenvalue weighted by atomic mass is 10.1. The van der Waals surface area contributed by atoms with Gasteiger partial charge in [-0.1, -0.05) is 18.2 Å². The van der Waals surface area contributed by atoms with Crippen molar-refractivity contribution in [2.45, 2.75) is 12.5 Å². The van der Waals surface area contributed by atoms with E-state index in [1.54, 1.807) is 25.4 Å². The summed E-state index contributed by atoms with van der Waals surface area (Å²) in [5.41, 5.74) is 7.56. The van der Waals surface area contributed by atoms with Gasteiger partial charge in [0.1, 0.15) is 5.75 Å². The molecule has 23 heavy (non-hydrogen) atoms. The molecule has 2 aromatic rings. The van der Waals surface area contributed by atoms with Crippen LogP contribution in [0.1, 0.15) is 17.4 Å². The van der Waals surface area contributed by atoms with Gasteiger partial charge in [0.2, 0.25) is 0 Å². The molecule has 0 saturated carbocycles. The van der Waals surface area contributed by atoms with E-state index >= 15 is 0 Å². The highest BCUT2D eigenvalue weighted by atomic mass is 16.5. The minimum atomic E-state index is -0.697. The van der Waals surface area contributed by atoms with Gasteiger partial charge in [0.15, 0.2) is 5.96 Å². The van der Waals surface area contributed by atoms with Gasteiger partial charge in [0.25, 0.3) is 0 Å². The number of nitrogens with one attached hydrogen (secondary N) is 1. The second kappa shape index (κ2) is 8.75. The van der Waals surface area contributed by atoms with Crippen molar-refractivity contribution < 1.29 is 9.84 Å². The van der Waals surface area contributed by atoms with Gasteiger partial charge in [-0.3, -0.25) is 9.98 Å². The molecule has 1 atom stereocenters. The molecule has 6 heteroatoms. The topological polar surface area (TPSA) is 92.8 Å². The number of ether oxygens (including phenoxy) is 1. The summed E-state index contributed by atoms with van der Waals surface area (Å²) in [6, 6.07) is 13.0. The predicted molar refractivity (Wildman–Crippen MR) is 90.4 cm³/mol. The van der Waals surface area contributed by atoms with E-state index in [2.05, 4.69) is 15.3 Å². The van der Waals surface area contributed by atoms with Gasteiger partial charge in [0.05, 0.1) is 19.8 Å². The summed E-state index contributed by atoms with van der Waals surface area (Å²) >= 11 is 0. The molecule has 0 aliphatic rings. The van der Waals surface area contributed by atoms with Crippen molar-refractivity contribution in [2.24, 2.45) is 10.7 Å². The Labute approximate surface area is 136 Å². The fourth-order valence-corrected chi connectivity index (χ4v) is 2.04. The van der Waals surface area contributed by atoms with Gasteiger partial charge in [0, 0.05) is 24.9 Å². The Bertz CT molecular complexity index is 614. The average Bonchev–Trinajstić information content (AvgIpc) is 2.60. The number of hydrogen-bond donors (Lipinski definition) is 3. The van der Waals surface area contributed by atoms with Crippen LogP contribution >= 0.6 is 0 Å². The third-order valence-corrected chi connectivity index (χ3v) is 3.35. The van der Waals surface area contributed by atoms with E-state index in [4.69, 9.17) is 10.5 Å². The zero-order valence-corrected chi connectivity index (χ0v) is 13.1. The molecule has 1 heterocycles. The first-order chi connectivity index (χ1) is 11.2. The summed E-state index contributed by atoms with van der Waals surface area (Å²) in [7, 11) is 1.60. The molecule has 4 N–H and O–H groups in total. The molecule has 122 valence electrons. The highest BCUT2D eigenvalue weighted by Gasteiger charge is 2.07. The highest BCUT2D eigenvalue weighted by molar-refractivity contribution is 5.77. The molecule has 0 fully saturated rings. The molecule has 0 radical (unpaired) electrons. The quantitative estimate of drug-likeness (QED) is 0.529. The predicted octanol–water partition coefficient (Wildman–Crippen LogP) is 1.27. The van der Waals surface area contributed by atoms with Crippen molar-refractivity contribution >= 4 is 5.96 Å². The van der Waals surface area contributed by atoms with Crippen molar-refractivity contribution in [1.82, 2.24) is 10.3 Å². The Morgan fingerprint density at radius 1 is 1.30 bits per heavy atom. The number of methoxy groups -OCH3 is 1. The molecule has 1 aromatic carbocycles. The van der Waals surface area contributed by atoms with E-state index in [1.807, 2.05) is 30.3 Å². The normalized spacial score (nSPS) is 12.7. The van der Waals surface area contributed by atoms with E-state index in [9.17, 15) is 5.11 Å². The summed E-state index contributed by atoms with van der Waals surface area (Å²) in [5.74, 6) is 1.06. The minimum Gasteiger partial charge on any atom is -0.497 e. The number of hydrogen-bond acceptors (Lipinski definition) is 4. The fourth-order valence-electron chi connectivity index (χ4n) is 2.04. The number of aliphatic imine (C=N–C) groups is 1. The number of benzene rings is 1. The van der Waals surface area contributed by atoms with Crippen LogP contribution in [0.2, 0.25) is 0 Å². The van der Waals surface area contributed by atoms with Crippen LogP contribution in [0.25, 0.3) is 0 Å². The fraction of sp³-hybridized carbons (Fsp3) is 0.294. The van der Waals surface area contributed by atoms with Crippen LogP contribution in [0.3, 0.4) is 0 Å². The lowest BCUT2D eigenvalue weighted by Gasteiger charge is -2.10. The molecular formula is C17H22N4O2. The number of aliphatic hydroxyl groups excluding tert-OH is 1. The molecule has 6 nitrogen and oxygen atoms in total. The maximum Gasteiger partial charge on any atom is 0.188 e. The lowest BCUT2D eigenvalue weighted by molar-refractivity contribution is 0.187. The molecule has 1 unspecified atom stereocenters. The third-order valence-electron chi connectivity index (χ3n) is 3.35. The molecule has 0 amide bonds. The number of nitrogens with zero attached hydrogens (tertiary/aromatic N) is 2. The lowest BCUT2D eigenvalue weighted by Crippen LogP contribution is -2.33. The Hall–Kier alpha value is -2.60. The Balaban J connectivity index is 1.76. The van der Waals surface area contributed by atoms with Crippen LogP contribution in [-0.2, 0) is 6.42 Å². The van der Waals surface area contributed by atoms with Crippen LogP contribution in [0, 0.1) is 0 Å². The Morgan fingerprint density at radius 3 is 2.74 bits per heavy atom. The van der Waals surface area contributed by atoms with Crippen molar-refractivity contribution in [3.8, 4) is 5.75 Å². The SMILES string of the molecule is COc1ccc(C(O)CN=C(N)NCCc2ccccn2)cc1. The molecule has 0 saturated heterocycles. The molecular weight excluding hydrogens is 292 g/mol. The van der Waals surface area contributed by atoms with Gasteiger partial charge in [-0.15, -0.1) is 0 Å². The number of guanidine groups is 1. The van der Waals surface area contributed by atoms with E-state index < -0.39 is 6.10 Å². The summed E-state index contributed by atoms with van der Waals surface area (Å²) in [5, 5.41) is 13.1. The molecule has 0 aliphatic carbocycles. The van der Waals surface area contributed by atoms with Crippen LogP contribution in [0.5, 0.6) is 5.75 Å². The molecule has 2 rings (SSSR count). The number of aromatic nitrogens is 1. The summed E-state index contributed by atoms with van der Waals surface area (Å²) < 4.78 is 5.08. The Morgan fingerprint density at radius 2 is 2.09 bits per heavy atom. The van der Waals surface area contributed by atoms with E-state index in [0.29, 0.717) is 12.5 Å². The van der Waals surface area contributed by atoms with Crippen molar-refractivity contribution in [1.29, 1.82) is 0 Å². The van der Waals surface area contributed by atoms with Gasteiger partial charge in [-0.05, 0) is 29.8 Å². The maximum atomic E-state index is 10.1. The zero-order valence-electron chi connectivity index (χ0n) is 13.1. The third kappa shape index (κ3) is 5.60. The molecule has 0 aliphatic heterocycles. The second-order valence-corrected chi connectivity index (χ2v) is 5.01. The average molecular weight is 314 g/mol. The zero-order chi connectivity index (χ0) is 16.5. The van der Waals surface area contributed by atoms with Crippen molar-refractivity contribution in [3.63, 3.8) is 0 Å². The van der Waals surface area contributed by atoms with Crippen molar-refractivity contribution in [3.05, 3.63) is 59.9 Å². The summed E-state index contributed by atoms with van der Waals surface area (Å²) in [4.78, 5) is 8.39. The molecule has 0 bridgehead atoms. The minimum absolute atomic E-state index is 0.203. The number of pyridine rings is 1. The second-order valence-electron chi connectivity index (χ2n) is 5.01. The van der Waals surface area contributed by atoms with E-state index in [-0.39, 0.29) is 6.54 Å². The Kier molecular flexibility index (Phi) is 6.38. The van der Waals surface area contributed by atoms with Crippen LogP contribution in [-0.4, -0.2) is 36.2 Å². The van der Waals surface area contributed by atoms with Crippen LogP contribution in [0.4, 0.5) is 0 Å². The van der Waals surface area contributed by atoms with Crippen molar-refractivity contribution in [2.75, 3.05) is 20.2 Å². The maximum absolute atomic E-state index is 10.1. The summed E-state index contributed by atoms with van der Waals surface area (Å²) in [6.45, 7) is 0.847. The van der Waals surface area contributed by atoms with E-state index in [0.717, 1.165) is 23.4 Å². The number of rotatable bonds is 7. The van der Waals surface area contributed by atoms with Gasteiger partial charge in [-0.25, -0.2) is 0 Å². The monoisotopic (exact) mass is 314 g/mol. The number of nitrogens with two attached hydrogens (primary N) is 1.